The van der Waals surface area contributed by atoms with E-state index in [9.17, 15) is 18.0 Å². The van der Waals surface area contributed by atoms with Crippen molar-refractivity contribution >= 4 is 15.9 Å². The van der Waals surface area contributed by atoms with Gasteiger partial charge in [0.1, 0.15) is 0 Å². The molecule has 1 aromatic heterocycles. The fourth-order valence-electron chi connectivity index (χ4n) is 1.17. The second-order valence-corrected chi connectivity index (χ2v) is 4.05. The van der Waals surface area contributed by atoms with Crippen LogP contribution in [0.4, 0.5) is 13.2 Å². The van der Waals surface area contributed by atoms with Crippen LogP contribution in [0.1, 0.15) is 5.56 Å². The van der Waals surface area contributed by atoms with Crippen LogP contribution in [-0.4, -0.2) is 17.5 Å². The number of alkyl halides is 3. The summed E-state index contributed by atoms with van der Waals surface area (Å²) in [6.45, 7) is 0.867. The SMILES string of the molecule is Cc1cc(Br)cn(CCOC(F)(F)F)c1=O. The van der Waals surface area contributed by atoms with Crippen molar-refractivity contribution in [2.24, 2.45) is 0 Å². The minimum absolute atomic E-state index is 0.140. The molecule has 0 aliphatic rings. The van der Waals surface area contributed by atoms with Crippen molar-refractivity contribution in [2.45, 2.75) is 19.8 Å². The van der Waals surface area contributed by atoms with Gasteiger partial charge in [-0.05, 0) is 28.9 Å². The molecule has 1 heterocycles. The van der Waals surface area contributed by atoms with E-state index < -0.39 is 13.0 Å². The molecule has 90 valence electrons. The molecule has 16 heavy (non-hydrogen) atoms. The molecule has 0 spiro atoms. The Bertz CT molecular complexity index is 428. The predicted octanol–water partition coefficient (Wildman–Crippen LogP) is 2.46. The number of nitrogens with zero attached hydrogens (tertiary/aromatic N) is 1. The van der Waals surface area contributed by atoms with E-state index in [2.05, 4.69) is 20.7 Å². The van der Waals surface area contributed by atoms with Crippen LogP contribution in [0.25, 0.3) is 0 Å². The fourth-order valence-corrected chi connectivity index (χ4v) is 1.76. The molecule has 0 aliphatic carbocycles. The molecular weight excluding hydrogens is 291 g/mol. The van der Waals surface area contributed by atoms with Crippen LogP contribution in [0.15, 0.2) is 21.5 Å². The quantitative estimate of drug-likeness (QED) is 0.858. The normalized spacial score (nSPS) is 11.8. The van der Waals surface area contributed by atoms with Gasteiger partial charge in [-0.1, -0.05) is 0 Å². The maximum absolute atomic E-state index is 11.7. The smallest absolute Gasteiger partial charge is 0.312 e. The van der Waals surface area contributed by atoms with Gasteiger partial charge in [-0.15, -0.1) is 13.2 Å². The van der Waals surface area contributed by atoms with Crippen LogP contribution >= 0.6 is 15.9 Å². The highest BCUT2D eigenvalue weighted by atomic mass is 79.9. The monoisotopic (exact) mass is 299 g/mol. The van der Waals surface area contributed by atoms with Gasteiger partial charge < -0.3 is 4.57 Å². The molecule has 0 aliphatic heterocycles. The van der Waals surface area contributed by atoms with Gasteiger partial charge in [0.25, 0.3) is 5.56 Å². The highest BCUT2D eigenvalue weighted by Gasteiger charge is 2.28. The van der Waals surface area contributed by atoms with Crippen LogP contribution in [0.2, 0.25) is 0 Å². The number of hydrogen-bond acceptors (Lipinski definition) is 2. The van der Waals surface area contributed by atoms with E-state index in [0.717, 1.165) is 0 Å². The van der Waals surface area contributed by atoms with Crippen molar-refractivity contribution in [3.8, 4) is 0 Å². The summed E-state index contributed by atoms with van der Waals surface area (Å²) < 4.78 is 40.5. The van der Waals surface area contributed by atoms with E-state index in [-0.39, 0.29) is 12.1 Å². The molecule has 0 atom stereocenters. The molecule has 0 N–H and O–H groups in total. The van der Waals surface area contributed by atoms with E-state index in [0.29, 0.717) is 10.0 Å². The first-order valence-electron chi connectivity index (χ1n) is 4.37. The van der Waals surface area contributed by atoms with Crippen molar-refractivity contribution in [3.63, 3.8) is 0 Å². The lowest BCUT2D eigenvalue weighted by molar-refractivity contribution is -0.325. The Kier molecular flexibility index (Phi) is 4.15. The lowest BCUT2D eigenvalue weighted by Crippen LogP contribution is -2.25. The lowest BCUT2D eigenvalue weighted by Gasteiger charge is -2.09. The molecule has 7 heteroatoms. The Hall–Kier alpha value is -0.820. The molecule has 0 unspecified atom stereocenters. The highest BCUT2D eigenvalue weighted by Crippen LogP contribution is 2.16. The highest BCUT2D eigenvalue weighted by molar-refractivity contribution is 9.10. The summed E-state index contributed by atoms with van der Waals surface area (Å²) in [5.74, 6) is 0. The Morgan fingerprint density at radius 1 is 1.50 bits per heavy atom. The van der Waals surface area contributed by atoms with Gasteiger partial charge in [-0.25, -0.2) is 0 Å². The molecule has 0 radical (unpaired) electrons. The number of pyridine rings is 1. The van der Waals surface area contributed by atoms with Crippen molar-refractivity contribution < 1.29 is 17.9 Å². The summed E-state index contributed by atoms with van der Waals surface area (Å²) >= 11 is 3.16. The molecule has 0 bridgehead atoms. The van der Waals surface area contributed by atoms with Gasteiger partial charge in [-0.2, -0.15) is 0 Å². The fraction of sp³-hybridized carbons (Fsp3) is 0.444. The average Bonchev–Trinajstić information content (AvgIpc) is 2.11. The van der Waals surface area contributed by atoms with Gasteiger partial charge in [0.2, 0.25) is 0 Å². The van der Waals surface area contributed by atoms with E-state index in [4.69, 9.17) is 0 Å². The molecule has 3 nitrogen and oxygen atoms in total. The molecule has 0 aromatic carbocycles. The zero-order valence-electron chi connectivity index (χ0n) is 8.34. The second kappa shape index (κ2) is 5.01. The van der Waals surface area contributed by atoms with Gasteiger partial charge in [0, 0.05) is 22.8 Å². The van der Waals surface area contributed by atoms with Crippen molar-refractivity contribution in [2.75, 3.05) is 6.61 Å². The minimum atomic E-state index is -4.66. The summed E-state index contributed by atoms with van der Waals surface area (Å²) in [4.78, 5) is 11.5. The van der Waals surface area contributed by atoms with Crippen LogP contribution in [0, 0.1) is 6.92 Å². The Balaban J connectivity index is 2.71. The Labute approximate surface area is 98.0 Å². The van der Waals surface area contributed by atoms with Gasteiger partial charge in [-0.3, -0.25) is 9.53 Å². The molecule has 1 rings (SSSR count). The largest absolute Gasteiger partial charge is 0.522 e. The van der Waals surface area contributed by atoms with Gasteiger partial charge in [0.15, 0.2) is 0 Å². The second-order valence-electron chi connectivity index (χ2n) is 3.13. The summed E-state index contributed by atoms with van der Waals surface area (Å²) in [5, 5.41) is 0. The number of aryl methyl sites for hydroxylation is 1. The number of aromatic nitrogens is 1. The zero-order valence-corrected chi connectivity index (χ0v) is 9.93. The first-order valence-corrected chi connectivity index (χ1v) is 5.16. The third kappa shape index (κ3) is 3.97. The third-order valence-electron chi connectivity index (χ3n) is 1.83. The van der Waals surface area contributed by atoms with E-state index in [1.165, 1.54) is 10.8 Å². The molecule has 1 aromatic rings. The summed E-state index contributed by atoms with van der Waals surface area (Å²) in [7, 11) is 0. The predicted molar refractivity (Wildman–Crippen MR) is 55.1 cm³/mol. The molecular formula is C9H9BrF3NO2. The number of hydrogen-bond donors (Lipinski definition) is 0. The van der Waals surface area contributed by atoms with Crippen molar-refractivity contribution in [1.82, 2.24) is 4.57 Å². The molecule has 0 fully saturated rings. The van der Waals surface area contributed by atoms with E-state index in [1.54, 1.807) is 13.0 Å². The maximum atomic E-state index is 11.7. The summed E-state index contributed by atoms with van der Waals surface area (Å²) in [6.07, 6.45) is -3.24. The Morgan fingerprint density at radius 3 is 2.69 bits per heavy atom. The Morgan fingerprint density at radius 2 is 2.12 bits per heavy atom. The number of rotatable bonds is 3. The molecule has 0 saturated carbocycles. The van der Waals surface area contributed by atoms with Crippen LogP contribution in [-0.2, 0) is 11.3 Å². The van der Waals surface area contributed by atoms with Crippen LogP contribution in [0.3, 0.4) is 0 Å². The zero-order chi connectivity index (χ0) is 12.3. The topological polar surface area (TPSA) is 31.2 Å². The number of ether oxygens (including phenoxy) is 1. The summed E-state index contributed by atoms with van der Waals surface area (Å²) in [6, 6.07) is 1.60. The van der Waals surface area contributed by atoms with E-state index in [1.807, 2.05) is 0 Å². The molecule has 0 amide bonds. The molecule has 0 saturated heterocycles. The first-order chi connectivity index (χ1) is 7.29. The standard InChI is InChI=1S/C9H9BrF3NO2/c1-6-4-7(10)5-14(8(6)15)2-3-16-9(11,12)13/h4-5H,2-3H2,1H3. The van der Waals surface area contributed by atoms with E-state index >= 15 is 0 Å². The first kappa shape index (κ1) is 13.2. The van der Waals surface area contributed by atoms with Gasteiger partial charge in [0.05, 0.1) is 6.61 Å². The lowest BCUT2D eigenvalue weighted by atomic mass is 10.3. The van der Waals surface area contributed by atoms with Crippen molar-refractivity contribution in [3.05, 3.63) is 32.7 Å². The van der Waals surface area contributed by atoms with Crippen LogP contribution in [0.5, 0.6) is 0 Å². The van der Waals surface area contributed by atoms with Crippen LogP contribution < -0.4 is 5.56 Å². The minimum Gasteiger partial charge on any atom is -0.312 e. The average molecular weight is 300 g/mol. The van der Waals surface area contributed by atoms with Crippen molar-refractivity contribution in [1.29, 1.82) is 0 Å². The van der Waals surface area contributed by atoms with Gasteiger partial charge >= 0.3 is 6.36 Å². The summed E-state index contributed by atoms with van der Waals surface area (Å²) in [5.41, 5.74) is 0.135. The maximum Gasteiger partial charge on any atom is 0.522 e. The third-order valence-corrected chi connectivity index (χ3v) is 2.26. The number of halogens is 4.